The maximum atomic E-state index is 12.4. The summed E-state index contributed by atoms with van der Waals surface area (Å²) in [7, 11) is 2.55. The van der Waals surface area contributed by atoms with Crippen molar-refractivity contribution in [2.75, 3.05) is 40.6 Å². The fourth-order valence-corrected chi connectivity index (χ4v) is 4.61. The molecule has 0 aromatic heterocycles. The van der Waals surface area contributed by atoms with Crippen LogP contribution < -0.4 is 9.47 Å². The summed E-state index contributed by atoms with van der Waals surface area (Å²) in [6.45, 7) is 1.55. The fourth-order valence-electron chi connectivity index (χ4n) is 4.61. The predicted octanol–water partition coefficient (Wildman–Crippen LogP) is 7.02. The number of rotatable bonds is 26. The van der Waals surface area contributed by atoms with Gasteiger partial charge in [-0.3, -0.25) is 0 Å². The van der Waals surface area contributed by atoms with E-state index in [0.717, 1.165) is 64.2 Å². The van der Waals surface area contributed by atoms with Gasteiger partial charge >= 0.3 is 11.9 Å². The van der Waals surface area contributed by atoms with E-state index < -0.39 is 11.9 Å². The van der Waals surface area contributed by atoms with Crippen LogP contribution in [-0.2, 0) is 9.47 Å². The minimum absolute atomic E-state index is 0.0943. The van der Waals surface area contributed by atoms with E-state index in [1.165, 1.54) is 77.7 Å². The number of ether oxygens (including phenoxy) is 4. The van der Waals surface area contributed by atoms with Crippen LogP contribution in [-0.4, -0.2) is 62.8 Å². The molecule has 1 rings (SSSR count). The SMILES string of the molecule is COC(=O)c1cc(OCCCCCCCCCCCO)c(OCCCCCCCCCCCO)cc1C(=O)OC. The Morgan fingerprint density at radius 3 is 1.05 bits per heavy atom. The van der Waals surface area contributed by atoms with Crippen molar-refractivity contribution in [3.8, 4) is 11.5 Å². The van der Waals surface area contributed by atoms with Gasteiger partial charge in [-0.25, -0.2) is 9.59 Å². The molecule has 0 saturated heterocycles. The largest absolute Gasteiger partial charge is 0.490 e. The number of unbranched alkanes of at least 4 members (excludes halogenated alkanes) is 16. The lowest BCUT2D eigenvalue weighted by Crippen LogP contribution is -2.13. The second-order valence-electron chi connectivity index (χ2n) is 10.3. The molecule has 0 amide bonds. The van der Waals surface area contributed by atoms with Crippen molar-refractivity contribution in [1.82, 2.24) is 0 Å². The number of hydrogen-bond acceptors (Lipinski definition) is 8. The summed E-state index contributed by atoms with van der Waals surface area (Å²) in [6.07, 6.45) is 19.8. The second-order valence-corrected chi connectivity index (χ2v) is 10.3. The summed E-state index contributed by atoms with van der Waals surface area (Å²) in [4.78, 5) is 24.8. The zero-order valence-corrected chi connectivity index (χ0v) is 25.1. The van der Waals surface area contributed by atoms with Crippen molar-refractivity contribution in [2.24, 2.45) is 0 Å². The average Bonchev–Trinajstić information content (AvgIpc) is 2.97. The van der Waals surface area contributed by atoms with E-state index >= 15 is 0 Å². The number of benzene rings is 1. The Balaban J connectivity index is 2.58. The van der Waals surface area contributed by atoms with Crippen LogP contribution in [0.5, 0.6) is 11.5 Å². The standard InChI is InChI=1S/C32H54O8/c1-37-31(35)27-25-29(39-23-19-15-11-7-3-5-9-13-17-21-33)30(26-28(27)32(36)38-2)40-24-20-16-12-8-4-6-10-14-18-22-34/h25-26,33-34H,3-24H2,1-2H3. The van der Waals surface area contributed by atoms with Gasteiger partial charge in [-0.2, -0.15) is 0 Å². The van der Waals surface area contributed by atoms with Crippen molar-refractivity contribution in [2.45, 2.75) is 116 Å². The van der Waals surface area contributed by atoms with Crippen LogP contribution >= 0.6 is 0 Å². The van der Waals surface area contributed by atoms with Gasteiger partial charge < -0.3 is 29.2 Å². The van der Waals surface area contributed by atoms with E-state index in [9.17, 15) is 9.59 Å². The number of methoxy groups -OCH3 is 2. The molecule has 0 unspecified atom stereocenters. The van der Waals surface area contributed by atoms with Crippen molar-refractivity contribution in [3.05, 3.63) is 23.3 Å². The smallest absolute Gasteiger partial charge is 0.338 e. The van der Waals surface area contributed by atoms with E-state index in [4.69, 9.17) is 29.2 Å². The van der Waals surface area contributed by atoms with Crippen LogP contribution in [0.1, 0.15) is 136 Å². The zero-order valence-electron chi connectivity index (χ0n) is 25.1. The Hall–Kier alpha value is -2.32. The Labute approximate surface area is 241 Å². The third kappa shape index (κ3) is 16.1. The van der Waals surface area contributed by atoms with Gasteiger partial charge in [0, 0.05) is 13.2 Å². The summed E-state index contributed by atoms with van der Waals surface area (Å²) in [6, 6.07) is 3.05. The van der Waals surface area contributed by atoms with Gasteiger partial charge in [-0.1, -0.05) is 89.9 Å². The van der Waals surface area contributed by atoms with Gasteiger partial charge in [-0.15, -0.1) is 0 Å². The molecule has 0 aliphatic heterocycles. The molecule has 8 heteroatoms. The molecule has 0 fully saturated rings. The van der Waals surface area contributed by atoms with E-state index in [-0.39, 0.29) is 24.3 Å². The molecule has 1 aromatic carbocycles. The molecule has 40 heavy (non-hydrogen) atoms. The molecule has 2 N–H and O–H groups in total. The highest BCUT2D eigenvalue weighted by molar-refractivity contribution is 6.04. The minimum Gasteiger partial charge on any atom is -0.490 e. The molecule has 0 saturated carbocycles. The molecule has 0 bridgehead atoms. The topological polar surface area (TPSA) is 112 Å². The Morgan fingerprint density at radius 1 is 0.500 bits per heavy atom. The molecule has 0 aliphatic rings. The molecule has 0 aliphatic carbocycles. The van der Waals surface area contributed by atoms with Gasteiger partial charge in [0.15, 0.2) is 11.5 Å². The summed E-state index contributed by atoms with van der Waals surface area (Å²) < 4.78 is 21.8. The number of carbonyl (C=O) groups excluding carboxylic acids is 2. The fraction of sp³-hybridized carbons (Fsp3) is 0.750. The first-order valence-corrected chi connectivity index (χ1v) is 15.4. The molecule has 1 aromatic rings. The van der Waals surface area contributed by atoms with E-state index in [1.807, 2.05) is 0 Å². The van der Waals surface area contributed by atoms with Crippen LogP contribution in [0, 0.1) is 0 Å². The van der Waals surface area contributed by atoms with Gasteiger partial charge in [0.05, 0.1) is 38.6 Å². The lowest BCUT2D eigenvalue weighted by molar-refractivity contribution is 0.0554. The van der Waals surface area contributed by atoms with E-state index in [1.54, 1.807) is 0 Å². The lowest BCUT2D eigenvalue weighted by atomic mass is 10.1. The van der Waals surface area contributed by atoms with Crippen LogP contribution in [0.2, 0.25) is 0 Å². The molecular weight excluding hydrogens is 512 g/mol. The summed E-state index contributed by atoms with van der Waals surface area (Å²) in [5, 5.41) is 17.7. The van der Waals surface area contributed by atoms with Gasteiger partial charge in [-0.05, 0) is 37.8 Å². The quantitative estimate of drug-likeness (QED) is 0.0909. The number of hydrogen-bond donors (Lipinski definition) is 2. The average molecular weight is 567 g/mol. The minimum atomic E-state index is -0.632. The molecule has 0 heterocycles. The van der Waals surface area contributed by atoms with Crippen molar-refractivity contribution >= 4 is 11.9 Å². The Kier molecular flexibility index (Phi) is 21.8. The van der Waals surface area contributed by atoms with Crippen LogP contribution in [0.4, 0.5) is 0 Å². The number of esters is 2. The maximum absolute atomic E-state index is 12.4. The highest BCUT2D eigenvalue weighted by Crippen LogP contribution is 2.33. The monoisotopic (exact) mass is 566 g/mol. The summed E-state index contributed by atoms with van der Waals surface area (Å²) >= 11 is 0. The molecular formula is C32H54O8. The lowest BCUT2D eigenvalue weighted by Gasteiger charge is -2.16. The van der Waals surface area contributed by atoms with Gasteiger partial charge in [0.1, 0.15) is 0 Å². The first-order chi connectivity index (χ1) is 19.6. The third-order valence-electron chi connectivity index (χ3n) is 7.01. The van der Waals surface area contributed by atoms with Gasteiger partial charge in [0.2, 0.25) is 0 Å². The molecule has 230 valence electrons. The van der Waals surface area contributed by atoms with Crippen molar-refractivity contribution < 1.29 is 38.7 Å². The third-order valence-corrected chi connectivity index (χ3v) is 7.01. The van der Waals surface area contributed by atoms with Crippen molar-refractivity contribution in [1.29, 1.82) is 0 Å². The van der Waals surface area contributed by atoms with Gasteiger partial charge in [0.25, 0.3) is 0 Å². The zero-order chi connectivity index (χ0) is 29.3. The highest BCUT2D eigenvalue weighted by Gasteiger charge is 2.23. The van der Waals surface area contributed by atoms with Crippen LogP contribution in [0.25, 0.3) is 0 Å². The predicted molar refractivity (Wildman–Crippen MR) is 157 cm³/mol. The Bertz CT molecular complexity index is 730. The number of carbonyl (C=O) groups is 2. The van der Waals surface area contributed by atoms with E-state index in [2.05, 4.69) is 0 Å². The Morgan fingerprint density at radius 2 is 0.775 bits per heavy atom. The maximum Gasteiger partial charge on any atom is 0.338 e. The second kappa shape index (κ2) is 24.5. The summed E-state index contributed by atoms with van der Waals surface area (Å²) in [5.74, 6) is -0.404. The number of aliphatic hydroxyl groups excluding tert-OH is 2. The number of aliphatic hydroxyl groups is 2. The molecule has 0 spiro atoms. The first kappa shape index (κ1) is 35.7. The van der Waals surface area contributed by atoms with E-state index in [0.29, 0.717) is 24.7 Å². The molecule has 0 atom stereocenters. The van der Waals surface area contributed by atoms with Crippen molar-refractivity contribution in [3.63, 3.8) is 0 Å². The van der Waals surface area contributed by atoms with Crippen LogP contribution in [0.15, 0.2) is 12.1 Å². The van der Waals surface area contributed by atoms with Crippen LogP contribution in [0.3, 0.4) is 0 Å². The first-order valence-electron chi connectivity index (χ1n) is 15.4. The normalized spacial score (nSPS) is 10.9. The highest BCUT2D eigenvalue weighted by atomic mass is 16.5. The molecule has 0 radical (unpaired) electrons. The molecule has 8 nitrogen and oxygen atoms in total. The summed E-state index contributed by atoms with van der Waals surface area (Å²) in [5.41, 5.74) is 0.189.